The number of carbonyl (C=O) groups excluding carboxylic acids is 2. The molecule has 1 aliphatic rings. The highest BCUT2D eigenvalue weighted by Crippen LogP contribution is 2.33. The highest BCUT2D eigenvalue weighted by Gasteiger charge is 2.23. The van der Waals surface area contributed by atoms with E-state index in [9.17, 15) is 9.59 Å². The van der Waals surface area contributed by atoms with Gasteiger partial charge in [0.05, 0.1) is 22.5 Å². The molecule has 0 bridgehead atoms. The summed E-state index contributed by atoms with van der Waals surface area (Å²) in [6.45, 7) is 0. The van der Waals surface area contributed by atoms with Gasteiger partial charge in [-0.05, 0) is 18.2 Å². The second-order valence-corrected chi connectivity index (χ2v) is 4.49. The Morgan fingerprint density at radius 2 is 1.91 bits per heavy atom. The minimum atomic E-state index is -0.617. The first kappa shape index (κ1) is 17.4. The van der Waals surface area contributed by atoms with Gasteiger partial charge in [0.2, 0.25) is 0 Å². The number of nitrogens with two attached hydrogens (primary N) is 1. The van der Waals surface area contributed by atoms with Gasteiger partial charge in [0.1, 0.15) is 0 Å². The Balaban J connectivity index is 0.00000121. The Kier molecular flexibility index (Phi) is 5.06. The number of benzene rings is 1. The molecule has 0 saturated carbocycles. The maximum absolute atomic E-state index is 12.1. The third-order valence-electron chi connectivity index (χ3n) is 2.83. The van der Waals surface area contributed by atoms with Gasteiger partial charge in [0, 0.05) is 0 Å². The van der Waals surface area contributed by atoms with Crippen molar-refractivity contribution in [3.63, 3.8) is 0 Å². The van der Waals surface area contributed by atoms with Crippen molar-refractivity contribution < 1.29 is 9.59 Å². The number of halogens is 1. The summed E-state index contributed by atoms with van der Waals surface area (Å²) in [5.74, 6) is -0.807. The van der Waals surface area contributed by atoms with Crippen LogP contribution in [0, 0.1) is 0 Å². The van der Waals surface area contributed by atoms with Crippen molar-refractivity contribution in [3.05, 3.63) is 40.5 Å². The normalized spacial score (nSPS) is 11.4. The number of para-hydroxylation sites is 1. The van der Waals surface area contributed by atoms with E-state index in [0.29, 0.717) is 11.4 Å². The maximum atomic E-state index is 12.1. The van der Waals surface area contributed by atoms with Crippen molar-refractivity contribution in [1.29, 1.82) is 0 Å². The van der Waals surface area contributed by atoms with Crippen LogP contribution in [0.25, 0.3) is 0 Å². The summed E-state index contributed by atoms with van der Waals surface area (Å²) in [7, 11) is 0. The number of primary amides is 1. The van der Waals surface area contributed by atoms with E-state index in [1.807, 2.05) is 0 Å². The summed E-state index contributed by atoms with van der Waals surface area (Å²) >= 11 is 5.73. The molecule has 116 valence electrons. The first-order valence-corrected chi connectivity index (χ1v) is 5.98. The lowest BCUT2D eigenvalue weighted by atomic mass is 10.1. The molecule has 0 aliphatic carbocycles. The molecule has 2 amide bonds. The van der Waals surface area contributed by atoms with E-state index in [0.717, 1.165) is 0 Å². The molecule has 4 N–H and O–H groups in total. The molecule has 0 atom stereocenters. The molecular formula is C14H16ClN5O2. The third-order valence-corrected chi connectivity index (χ3v) is 3.01. The van der Waals surface area contributed by atoms with Crippen LogP contribution in [-0.4, -0.2) is 22.0 Å². The zero-order valence-corrected chi connectivity index (χ0v) is 10.7. The fourth-order valence-electron chi connectivity index (χ4n) is 1.94. The topological polar surface area (TPSA) is 110 Å². The van der Waals surface area contributed by atoms with E-state index in [2.05, 4.69) is 20.8 Å². The van der Waals surface area contributed by atoms with Crippen LogP contribution in [0.15, 0.2) is 24.3 Å². The fourth-order valence-corrected chi connectivity index (χ4v) is 2.08. The summed E-state index contributed by atoms with van der Waals surface area (Å²) in [6.07, 6.45) is 0. The Hall–Kier alpha value is -2.67. The molecule has 2 aromatic rings. The van der Waals surface area contributed by atoms with Crippen LogP contribution < -0.4 is 16.4 Å². The molecule has 2 heterocycles. The summed E-state index contributed by atoms with van der Waals surface area (Å²) in [5, 5.41) is 13.2. The summed E-state index contributed by atoms with van der Waals surface area (Å²) in [5.41, 5.74) is 6.60. The SMILES string of the molecule is C.C.NC(=O)c1cccc2c1Nc1nnc(Cl)cc1C(=O)N2. The van der Waals surface area contributed by atoms with Crippen molar-refractivity contribution in [3.8, 4) is 0 Å². The van der Waals surface area contributed by atoms with Gasteiger partial charge in [0.25, 0.3) is 11.8 Å². The largest absolute Gasteiger partial charge is 0.366 e. The lowest BCUT2D eigenvalue weighted by Gasteiger charge is -2.10. The van der Waals surface area contributed by atoms with Gasteiger partial charge in [0.15, 0.2) is 11.0 Å². The van der Waals surface area contributed by atoms with E-state index in [1.165, 1.54) is 6.07 Å². The van der Waals surface area contributed by atoms with Crippen LogP contribution in [0.3, 0.4) is 0 Å². The monoisotopic (exact) mass is 321 g/mol. The Labute approximate surface area is 132 Å². The number of amides is 2. The van der Waals surface area contributed by atoms with Crippen LogP contribution in [0.2, 0.25) is 5.15 Å². The van der Waals surface area contributed by atoms with Crippen molar-refractivity contribution in [2.75, 3.05) is 10.6 Å². The quantitative estimate of drug-likeness (QED) is 0.748. The number of fused-ring (bicyclic) bond motifs is 2. The number of carbonyl (C=O) groups is 2. The van der Waals surface area contributed by atoms with E-state index >= 15 is 0 Å². The fraction of sp³-hybridized carbons (Fsp3) is 0.143. The highest BCUT2D eigenvalue weighted by molar-refractivity contribution is 6.30. The number of hydrogen-bond donors (Lipinski definition) is 3. The summed E-state index contributed by atoms with van der Waals surface area (Å²) in [4.78, 5) is 23.6. The van der Waals surface area contributed by atoms with Gasteiger partial charge in [-0.2, -0.15) is 0 Å². The number of nitrogens with zero attached hydrogens (tertiary/aromatic N) is 2. The Morgan fingerprint density at radius 1 is 1.18 bits per heavy atom. The Bertz CT molecular complexity index is 748. The predicted molar refractivity (Wildman–Crippen MR) is 86.7 cm³/mol. The third kappa shape index (κ3) is 2.84. The second kappa shape index (κ2) is 6.40. The maximum Gasteiger partial charge on any atom is 0.259 e. The van der Waals surface area contributed by atoms with Crippen molar-refractivity contribution in [2.24, 2.45) is 5.73 Å². The molecule has 0 unspecified atom stereocenters. The number of aromatic nitrogens is 2. The predicted octanol–water partition coefficient (Wildman–Crippen LogP) is 2.81. The molecule has 1 aliphatic heterocycles. The molecule has 1 aromatic carbocycles. The van der Waals surface area contributed by atoms with Gasteiger partial charge in [-0.3, -0.25) is 9.59 Å². The molecule has 0 saturated heterocycles. The standard InChI is InChI=1S/C12H8ClN5O2.2CH4/c13-8-4-6-11(18-17-8)16-9-5(10(14)19)2-1-3-7(9)15-12(6)20;;/h1-4H,(H2,14,19)(H,15,20)(H,16,18);2*1H4. The van der Waals surface area contributed by atoms with E-state index < -0.39 is 11.8 Å². The first-order valence-electron chi connectivity index (χ1n) is 5.60. The van der Waals surface area contributed by atoms with Gasteiger partial charge in [-0.25, -0.2) is 0 Å². The molecule has 0 fully saturated rings. The highest BCUT2D eigenvalue weighted by atomic mass is 35.5. The molecular weight excluding hydrogens is 306 g/mol. The van der Waals surface area contributed by atoms with E-state index in [-0.39, 0.29) is 37.0 Å². The van der Waals surface area contributed by atoms with Gasteiger partial charge >= 0.3 is 0 Å². The summed E-state index contributed by atoms with van der Waals surface area (Å²) < 4.78 is 0. The molecule has 3 rings (SSSR count). The number of nitrogens with one attached hydrogen (secondary N) is 2. The molecule has 0 spiro atoms. The van der Waals surface area contributed by atoms with Gasteiger partial charge in [-0.15, -0.1) is 10.2 Å². The smallest absolute Gasteiger partial charge is 0.259 e. The van der Waals surface area contributed by atoms with Crippen LogP contribution in [0.5, 0.6) is 0 Å². The molecule has 1 aromatic heterocycles. The Morgan fingerprint density at radius 3 is 2.59 bits per heavy atom. The molecule has 8 heteroatoms. The lowest BCUT2D eigenvalue weighted by Crippen LogP contribution is -2.14. The first-order chi connectivity index (χ1) is 9.56. The van der Waals surface area contributed by atoms with Crippen molar-refractivity contribution in [2.45, 2.75) is 14.9 Å². The van der Waals surface area contributed by atoms with Crippen LogP contribution in [0.4, 0.5) is 17.2 Å². The number of rotatable bonds is 1. The second-order valence-electron chi connectivity index (χ2n) is 4.10. The average molecular weight is 322 g/mol. The lowest BCUT2D eigenvalue weighted by molar-refractivity contribution is 0.0997. The number of hydrogen-bond acceptors (Lipinski definition) is 5. The minimum Gasteiger partial charge on any atom is -0.366 e. The minimum absolute atomic E-state index is 0. The van der Waals surface area contributed by atoms with Crippen molar-refractivity contribution in [1.82, 2.24) is 10.2 Å². The number of anilines is 3. The zero-order chi connectivity index (χ0) is 14.3. The zero-order valence-electron chi connectivity index (χ0n) is 9.98. The molecule has 7 nitrogen and oxygen atoms in total. The van der Waals surface area contributed by atoms with E-state index in [1.54, 1.807) is 18.2 Å². The summed E-state index contributed by atoms with van der Waals surface area (Å²) in [6, 6.07) is 6.21. The van der Waals surface area contributed by atoms with E-state index in [4.69, 9.17) is 17.3 Å². The average Bonchev–Trinajstić information content (AvgIpc) is 2.54. The van der Waals surface area contributed by atoms with Crippen LogP contribution in [-0.2, 0) is 0 Å². The molecule has 0 radical (unpaired) electrons. The van der Waals surface area contributed by atoms with Crippen LogP contribution >= 0.6 is 11.6 Å². The van der Waals surface area contributed by atoms with Crippen molar-refractivity contribution >= 4 is 40.6 Å². The molecule has 22 heavy (non-hydrogen) atoms. The van der Waals surface area contributed by atoms with Crippen LogP contribution in [0.1, 0.15) is 35.6 Å². The van der Waals surface area contributed by atoms with Gasteiger partial charge < -0.3 is 16.4 Å². The van der Waals surface area contributed by atoms with Gasteiger partial charge in [-0.1, -0.05) is 32.5 Å².